The van der Waals surface area contributed by atoms with Gasteiger partial charge in [-0.15, -0.1) is 0 Å². The first-order chi connectivity index (χ1) is 9.60. The van der Waals surface area contributed by atoms with E-state index in [-0.39, 0.29) is 11.5 Å². The van der Waals surface area contributed by atoms with E-state index in [9.17, 15) is 4.79 Å². The highest BCUT2D eigenvalue weighted by Gasteiger charge is 2.10. The van der Waals surface area contributed by atoms with E-state index in [0.717, 1.165) is 29.7 Å². The van der Waals surface area contributed by atoms with Crippen LogP contribution in [0.4, 0.5) is 5.95 Å². The molecule has 0 aliphatic rings. The largest absolute Gasteiger partial charge is 0.493 e. The van der Waals surface area contributed by atoms with Gasteiger partial charge in [0.15, 0.2) is 0 Å². The Kier molecular flexibility index (Phi) is 4.40. The fourth-order valence-electron chi connectivity index (χ4n) is 1.91. The third-order valence-corrected chi connectivity index (χ3v) is 2.93. The number of hydrogen-bond acceptors (Lipinski definition) is 4. The van der Waals surface area contributed by atoms with Crippen molar-refractivity contribution in [2.75, 3.05) is 12.3 Å². The lowest BCUT2D eigenvalue weighted by Gasteiger charge is -2.12. The van der Waals surface area contributed by atoms with Crippen LogP contribution in [0, 0.1) is 6.92 Å². The Hall–Kier alpha value is -2.30. The molecule has 1 aromatic carbocycles. The lowest BCUT2D eigenvalue weighted by Crippen LogP contribution is -2.10. The molecule has 1 heterocycles. The fourth-order valence-corrected chi connectivity index (χ4v) is 1.91. The Bertz CT molecular complexity index is 650. The van der Waals surface area contributed by atoms with Crippen LogP contribution in [0.15, 0.2) is 29.1 Å². The lowest BCUT2D eigenvalue weighted by molar-refractivity contribution is 0.310. The molecule has 5 nitrogen and oxygen atoms in total. The number of aryl methyl sites for hydroxylation is 1. The zero-order valence-electron chi connectivity index (χ0n) is 11.8. The number of nitrogen functional groups attached to an aromatic ring is 1. The molecule has 0 bridgehead atoms. The summed E-state index contributed by atoms with van der Waals surface area (Å²) in [5.74, 6) is 0.829. The second-order valence-electron chi connectivity index (χ2n) is 4.72. The molecule has 20 heavy (non-hydrogen) atoms. The summed E-state index contributed by atoms with van der Waals surface area (Å²) >= 11 is 0. The minimum absolute atomic E-state index is 0.105. The number of aromatic nitrogens is 2. The van der Waals surface area contributed by atoms with Crippen LogP contribution >= 0.6 is 0 Å². The Morgan fingerprint density at radius 3 is 2.85 bits per heavy atom. The van der Waals surface area contributed by atoms with E-state index in [0.29, 0.717) is 12.3 Å². The van der Waals surface area contributed by atoms with Gasteiger partial charge < -0.3 is 10.5 Å². The highest BCUT2D eigenvalue weighted by atomic mass is 16.5. The van der Waals surface area contributed by atoms with Crippen molar-refractivity contribution in [2.45, 2.75) is 26.7 Å². The van der Waals surface area contributed by atoms with Crippen LogP contribution in [-0.2, 0) is 0 Å². The molecule has 0 radical (unpaired) electrons. The summed E-state index contributed by atoms with van der Waals surface area (Å²) in [5, 5.41) is 0. The van der Waals surface area contributed by atoms with Crippen molar-refractivity contribution in [1.29, 1.82) is 0 Å². The standard InChI is InChI=1S/C15H19N3O2/c1-3-4-7-20-13-6-5-10(2)8-11(13)12-9-14(19)18-15(16)17-12/h5-6,8-9H,3-4,7H2,1-2H3,(H3,16,17,18,19). The van der Waals surface area contributed by atoms with Gasteiger partial charge in [-0.2, -0.15) is 0 Å². The quantitative estimate of drug-likeness (QED) is 0.820. The average Bonchev–Trinajstić information content (AvgIpc) is 2.39. The van der Waals surface area contributed by atoms with Crippen LogP contribution in [0.2, 0.25) is 0 Å². The predicted octanol–water partition coefficient (Wildman–Crippen LogP) is 2.51. The molecule has 0 fully saturated rings. The number of H-pyrrole nitrogens is 1. The molecule has 0 aliphatic heterocycles. The first-order valence-electron chi connectivity index (χ1n) is 6.71. The first kappa shape index (κ1) is 14.1. The molecule has 0 aliphatic carbocycles. The van der Waals surface area contributed by atoms with Crippen molar-refractivity contribution in [1.82, 2.24) is 9.97 Å². The molecule has 106 valence electrons. The number of rotatable bonds is 5. The number of nitrogens with zero attached hydrogens (tertiary/aromatic N) is 1. The molecule has 0 amide bonds. The van der Waals surface area contributed by atoms with Gasteiger partial charge in [0, 0.05) is 11.6 Å². The number of nitrogens with one attached hydrogen (secondary N) is 1. The summed E-state index contributed by atoms with van der Waals surface area (Å²) < 4.78 is 5.77. The monoisotopic (exact) mass is 273 g/mol. The maximum atomic E-state index is 11.5. The summed E-state index contributed by atoms with van der Waals surface area (Å²) in [6.45, 7) is 4.74. The summed E-state index contributed by atoms with van der Waals surface area (Å²) in [6.07, 6.45) is 2.05. The summed E-state index contributed by atoms with van der Waals surface area (Å²) in [4.78, 5) is 18.1. The van der Waals surface area contributed by atoms with Crippen LogP contribution in [0.1, 0.15) is 25.3 Å². The predicted molar refractivity (Wildman–Crippen MR) is 79.8 cm³/mol. The second-order valence-corrected chi connectivity index (χ2v) is 4.72. The number of unbranched alkanes of at least 4 members (excludes halogenated alkanes) is 1. The van der Waals surface area contributed by atoms with Crippen molar-refractivity contribution < 1.29 is 4.74 Å². The molecule has 1 aromatic heterocycles. The lowest BCUT2D eigenvalue weighted by atomic mass is 10.1. The third-order valence-electron chi connectivity index (χ3n) is 2.93. The number of anilines is 1. The summed E-state index contributed by atoms with van der Waals surface area (Å²) in [7, 11) is 0. The van der Waals surface area contributed by atoms with Gasteiger partial charge in [-0.05, 0) is 25.5 Å². The SMILES string of the molecule is CCCCOc1ccc(C)cc1-c1cc(=O)[nH]c(N)n1. The molecule has 0 unspecified atom stereocenters. The number of aromatic amines is 1. The van der Waals surface area contributed by atoms with Crippen molar-refractivity contribution in [3.05, 3.63) is 40.2 Å². The zero-order chi connectivity index (χ0) is 14.5. The Balaban J connectivity index is 2.42. The molecule has 3 N–H and O–H groups in total. The highest BCUT2D eigenvalue weighted by molar-refractivity contribution is 5.68. The number of nitrogens with two attached hydrogens (primary N) is 1. The van der Waals surface area contributed by atoms with Gasteiger partial charge in [0.2, 0.25) is 5.95 Å². The van der Waals surface area contributed by atoms with E-state index < -0.39 is 0 Å². The smallest absolute Gasteiger partial charge is 0.252 e. The molecule has 5 heteroatoms. The zero-order valence-corrected chi connectivity index (χ0v) is 11.8. The fraction of sp³-hybridized carbons (Fsp3) is 0.333. The molecule has 0 saturated carbocycles. The topological polar surface area (TPSA) is 81.0 Å². The van der Waals surface area contributed by atoms with E-state index in [1.807, 2.05) is 25.1 Å². The third kappa shape index (κ3) is 3.38. The van der Waals surface area contributed by atoms with Crippen LogP contribution in [0.25, 0.3) is 11.3 Å². The first-order valence-corrected chi connectivity index (χ1v) is 6.71. The maximum absolute atomic E-state index is 11.5. The van der Waals surface area contributed by atoms with Gasteiger partial charge in [0.05, 0.1) is 12.3 Å². The molecule has 2 rings (SSSR count). The van der Waals surface area contributed by atoms with Crippen molar-refractivity contribution >= 4 is 5.95 Å². The molecule has 0 spiro atoms. The van der Waals surface area contributed by atoms with E-state index >= 15 is 0 Å². The second kappa shape index (κ2) is 6.23. The van der Waals surface area contributed by atoms with Crippen LogP contribution < -0.4 is 16.0 Å². The highest BCUT2D eigenvalue weighted by Crippen LogP contribution is 2.29. The van der Waals surface area contributed by atoms with Crippen molar-refractivity contribution in [3.63, 3.8) is 0 Å². The maximum Gasteiger partial charge on any atom is 0.252 e. The van der Waals surface area contributed by atoms with Crippen LogP contribution in [-0.4, -0.2) is 16.6 Å². The minimum Gasteiger partial charge on any atom is -0.493 e. The number of ether oxygens (including phenoxy) is 1. The minimum atomic E-state index is -0.270. The summed E-state index contributed by atoms with van der Waals surface area (Å²) in [6, 6.07) is 7.25. The van der Waals surface area contributed by atoms with E-state index in [2.05, 4.69) is 16.9 Å². The molecular weight excluding hydrogens is 254 g/mol. The molecule has 0 atom stereocenters. The Labute approximate surface area is 117 Å². The van der Waals surface area contributed by atoms with Gasteiger partial charge in [0.1, 0.15) is 5.75 Å². The number of benzene rings is 1. The van der Waals surface area contributed by atoms with Crippen LogP contribution in [0.5, 0.6) is 5.75 Å². The van der Waals surface area contributed by atoms with Crippen molar-refractivity contribution in [3.8, 4) is 17.0 Å². The van der Waals surface area contributed by atoms with Gasteiger partial charge in [-0.25, -0.2) is 4.98 Å². The Morgan fingerprint density at radius 1 is 1.35 bits per heavy atom. The van der Waals surface area contributed by atoms with Crippen LogP contribution in [0.3, 0.4) is 0 Å². The summed E-state index contributed by atoms with van der Waals surface area (Å²) in [5.41, 5.74) is 7.72. The molecular formula is C15H19N3O2. The molecule has 0 saturated heterocycles. The van der Waals surface area contributed by atoms with Crippen molar-refractivity contribution in [2.24, 2.45) is 0 Å². The van der Waals surface area contributed by atoms with E-state index in [1.165, 1.54) is 6.07 Å². The van der Waals surface area contributed by atoms with E-state index in [1.54, 1.807) is 0 Å². The van der Waals surface area contributed by atoms with E-state index in [4.69, 9.17) is 10.5 Å². The molecule has 2 aromatic rings. The number of hydrogen-bond donors (Lipinski definition) is 2. The van der Waals surface area contributed by atoms with Gasteiger partial charge >= 0.3 is 0 Å². The average molecular weight is 273 g/mol. The normalized spacial score (nSPS) is 10.5. The van der Waals surface area contributed by atoms with Gasteiger partial charge in [-0.1, -0.05) is 25.0 Å². The van der Waals surface area contributed by atoms with Gasteiger partial charge in [0.25, 0.3) is 5.56 Å². The Morgan fingerprint density at radius 2 is 2.15 bits per heavy atom. The van der Waals surface area contributed by atoms with Gasteiger partial charge in [-0.3, -0.25) is 9.78 Å².